The molecule has 1 aliphatic heterocycles. The van der Waals surface area contributed by atoms with E-state index in [2.05, 4.69) is 18.8 Å². The van der Waals surface area contributed by atoms with Crippen molar-refractivity contribution in [2.24, 2.45) is 0 Å². The first-order chi connectivity index (χ1) is 16.7. The number of methoxy groups -OCH3 is 1. The molecular weight excluding hydrogens is 464 g/mol. The summed E-state index contributed by atoms with van der Waals surface area (Å²) in [6.45, 7) is 6.18. The van der Waals surface area contributed by atoms with Crippen LogP contribution in [0.2, 0.25) is 5.02 Å². The summed E-state index contributed by atoms with van der Waals surface area (Å²) in [4.78, 5) is 32.2. The number of hydrogen-bond acceptors (Lipinski definition) is 5. The fourth-order valence-electron chi connectivity index (χ4n) is 4.40. The normalized spacial score (nSPS) is 17.3. The molecule has 4 rings (SSSR count). The van der Waals surface area contributed by atoms with Crippen molar-refractivity contribution in [2.45, 2.75) is 39.3 Å². The summed E-state index contributed by atoms with van der Waals surface area (Å²) in [5, 5.41) is 11.8. The number of ether oxygens (including phenoxy) is 1. The fourth-order valence-corrected chi connectivity index (χ4v) is 4.75. The van der Waals surface area contributed by atoms with Crippen LogP contribution in [0, 0.1) is 6.92 Å². The Bertz CT molecular complexity index is 1300. The number of carbonyl (C=O) groups is 2. The van der Waals surface area contributed by atoms with Crippen LogP contribution < -0.4 is 4.74 Å². The molecule has 3 aromatic rings. The zero-order chi connectivity index (χ0) is 25.3. The van der Waals surface area contributed by atoms with E-state index in [-0.39, 0.29) is 29.2 Å². The molecule has 1 amide bonds. The van der Waals surface area contributed by atoms with Gasteiger partial charge in [-0.15, -0.1) is 0 Å². The number of halogens is 1. The molecule has 0 aliphatic carbocycles. The lowest BCUT2D eigenvalue weighted by atomic mass is 9.92. The Kier molecular flexibility index (Phi) is 6.94. The lowest BCUT2D eigenvalue weighted by Crippen LogP contribution is -2.29. The van der Waals surface area contributed by atoms with E-state index in [0.29, 0.717) is 10.9 Å². The predicted molar refractivity (Wildman–Crippen MR) is 135 cm³/mol. The maximum atomic E-state index is 13.4. The Labute approximate surface area is 209 Å². The van der Waals surface area contributed by atoms with Gasteiger partial charge in [-0.05, 0) is 53.3 Å². The maximum absolute atomic E-state index is 13.4. The van der Waals surface area contributed by atoms with E-state index in [1.807, 2.05) is 37.3 Å². The Morgan fingerprint density at radius 2 is 1.89 bits per heavy atom. The lowest BCUT2D eigenvalue weighted by Gasteiger charge is -2.26. The van der Waals surface area contributed by atoms with Crippen LogP contribution in [-0.4, -0.2) is 33.8 Å². The van der Waals surface area contributed by atoms with Crippen molar-refractivity contribution in [2.75, 3.05) is 7.11 Å². The number of pyridine rings is 1. The average Bonchev–Trinajstić information content (AvgIpc) is 3.08. The highest BCUT2D eigenvalue weighted by atomic mass is 35.5. The summed E-state index contributed by atoms with van der Waals surface area (Å²) in [5.41, 5.74) is 3.66. The van der Waals surface area contributed by atoms with Crippen molar-refractivity contribution in [3.8, 4) is 5.75 Å². The van der Waals surface area contributed by atoms with Crippen LogP contribution in [-0.2, 0) is 16.1 Å². The molecule has 1 saturated heterocycles. The third-order valence-corrected chi connectivity index (χ3v) is 6.46. The summed E-state index contributed by atoms with van der Waals surface area (Å²) < 4.78 is 5.44. The molecule has 0 spiro atoms. The van der Waals surface area contributed by atoms with E-state index in [1.165, 1.54) is 12.0 Å². The van der Waals surface area contributed by atoms with Gasteiger partial charge in [0, 0.05) is 18.9 Å². The van der Waals surface area contributed by atoms with Crippen LogP contribution in [0.15, 0.2) is 66.5 Å². The fraction of sp³-hybridized carbons (Fsp3) is 0.250. The summed E-state index contributed by atoms with van der Waals surface area (Å²) in [6.07, 6.45) is 3.30. The molecule has 0 saturated carbocycles. The number of benzene rings is 2. The van der Waals surface area contributed by atoms with Crippen molar-refractivity contribution in [3.05, 3.63) is 99.3 Å². The Hall–Kier alpha value is -3.64. The van der Waals surface area contributed by atoms with Crippen LogP contribution >= 0.6 is 11.6 Å². The second-order valence-corrected chi connectivity index (χ2v) is 9.34. The molecule has 2 heterocycles. The van der Waals surface area contributed by atoms with Crippen LogP contribution in [0.5, 0.6) is 5.75 Å². The van der Waals surface area contributed by atoms with Crippen molar-refractivity contribution >= 4 is 29.1 Å². The number of aliphatic hydroxyl groups excluding tert-OH is 1. The first kappa shape index (κ1) is 24.5. The number of aryl methyl sites for hydroxylation is 1. The minimum absolute atomic E-state index is 0.00356. The topological polar surface area (TPSA) is 79.7 Å². The first-order valence-corrected chi connectivity index (χ1v) is 11.7. The standard InChI is InChI=1S/C28H27ClN2O4/c1-16(2)19-7-9-20(10-8-19)24-23(25(32)21-12-17(3)13-22(29)27(21)35-4)26(33)28(34)31(24)15-18-6-5-11-30-14-18/h5-14,16,24,32H,15H2,1-4H3/b25-23+. The number of likely N-dealkylation sites (tertiary alicyclic amines) is 1. The van der Waals surface area contributed by atoms with Crippen LogP contribution in [0.25, 0.3) is 5.76 Å². The molecule has 0 radical (unpaired) electrons. The first-order valence-electron chi connectivity index (χ1n) is 11.3. The van der Waals surface area contributed by atoms with Gasteiger partial charge in [0.05, 0.1) is 29.3 Å². The van der Waals surface area contributed by atoms with Gasteiger partial charge in [-0.2, -0.15) is 0 Å². The highest BCUT2D eigenvalue weighted by molar-refractivity contribution is 6.46. The van der Waals surface area contributed by atoms with Gasteiger partial charge in [0.25, 0.3) is 11.7 Å². The van der Waals surface area contributed by atoms with Crippen LogP contribution in [0.3, 0.4) is 0 Å². The van der Waals surface area contributed by atoms with Gasteiger partial charge in [0.15, 0.2) is 0 Å². The molecule has 1 aromatic heterocycles. The van der Waals surface area contributed by atoms with E-state index < -0.39 is 17.7 Å². The third kappa shape index (κ3) is 4.66. The number of ketones is 1. The molecule has 1 N–H and O–H groups in total. The number of nitrogens with zero attached hydrogens (tertiary/aromatic N) is 2. The van der Waals surface area contributed by atoms with Gasteiger partial charge >= 0.3 is 0 Å². The van der Waals surface area contributed by atoms with Crippen LogP contribution in [0.4, 0.5) is 0 Å². The van der Waals surface area contributed by atoms with E-state index >= 15 is 0 Å². The van der Waals surface area contributed by atoms with Crippen molar-refractivity contribution in [1.82, 2.24) is 9.88 Å². The number of aromatic nitrogens is 1. The van der Waals surface area contributed by atoms with Crippen molar-refractivity contribution in [3.63, 3.8) is 0 Å². The summed E-state index contributed by atoms with van der Waals surface area (Å²) >= 11 is 6.36. The molecule has 1 atom stereocenters. The Morgan fingerprint density at radius 3 is 2.49 bits per heavy atom. The van der Waals surface area contributed by atoms with Gasteiger partial charge in [-0.1, -0.05) is 55.8 Å². The van der Waals surface area contributed by atoms with Crippen molar-refractivity contribution < 1.29 is 19.4 Å². The van der Waals surface area contributed by atoms with Crippen molar-refractivity contribution in [1.29, 1.82) is 0 Å². The van der Waals surface area contributed by atoms with Crippen LogP contribution in [0.1, 0.15) is 53.6 Å². The molecule has 1 fully saturated rings. The summed E-state index contributed by atoms with van der Waals surface area (Å²) in [7, 11) is 1.44. The Morgan fingerprint density at radius 1 is 1.17 bits per heavy atom. The molecule has 35 heavy (non-hydrogen) atoms. The number of carbonyl (C=O) groups excluding carboxylic acids is 2. The van der Waals surface area contributed by atoms with Gasteiger partial charge in [-0.3, -0.25) is 14.6 Å². The number of amides is 1. The SMILES string of the molecule is COc1c(Cl)cc(C)cc1/C(O)=C1\C(=O)C(=O)N(Cc2cccnc2)C1c1ccc(C(C)C)cc1. The molecule has 0 bridgehead atoms. The van der Waals surface area contributed by atoms with E-state index in [4.69, 9.17) is 16.3 Å². The minimum atomic E-state index is -0.791. The monoisotopic (exact) mass is 490 g/mol. The van der Waals surface area contributed by atoms with Gasteiger partial charge in [0.1, 0.15) is 11.5 Å². The number of rotatable bonds is 6. The van der Waals surface area contributed by atoms with Gasteiger partial charge in [0.2, 0.25) is 0 Å². The highest BCUT2D eigenvalue weighted by Gasteiger charge is 2.46. The second kappa shape index (κ2) is 9.92. The smallest absolute Gasteiger partial charge is 0.295 e. The molecule has 6 nitrogen and oxygen atoms in total. The largest absolute Gasteiger partial charge is 0.507 e. The number of aliphatic hydroxyl groups is 1. The van der Waals surface area contributed by atoms with Gasteiger partial charge in [-0.25, -0.2) is 0 Å². The molecular formula is C28H27ClN2O4. The molecule has 180 valence electrons. The van der Waals surface area contributed by atoms with E-state index in [0.717, 1.165) is 22.3 Å². The third-order valence-electron chi connectivity index (χ3n) is 6.18. The van der Waals surface area contributed by atoms with Gasteiger partial charge < -0.3 is 14.7 Å². The number of Topliss-reactive ketones (excluding diaryl/α,β-unsaturated/α-hetero) is 1. The zero-order valence-electron chi connectivity index (χ0n) is 20.1. The molecule has 1 unspecified atom stereocenters. The zero-order valence-corrected chi connectivity index (χ0v) is 20.8. The average molecular weight is 491 g/mol. The highest BCUT2D eigenvalue weighted by Crippen LogP contribution is 2.43. The Balaban J connectivity index is 1.92. The lowest BCUT2D eigenvalue weighted by molar-refractivity contribution is -0.140. The number of hydrogen-bond donors (Lipinski definition) is 1. The summed E-state index contributed by atoms with van der Waals surface area (Å²) in [6, 6.07) is 14.0. The van der Waals surface area contributed by atoms with E-state index in [9.17, 15) is 14.7 Å². The molecule has 1 aliphatic rings. The van der Waals surface area contributed by atoms with E-state index in [1.54, 1.807) is 30.6 Å². The minimum Gasteiger partial charge on any atom is -0.507 e. The predicted octanol–water partition coefficient (Wildman–Crippen LogP) is 5.80. The second-order valence-electron chi connectivity index (χ2n) is 8.94. The quantitative estimate of drug-likeness (QED) is 0.268. The maximum Gasteiger partial charge on any atom is 0.295 e. The molecule has 7 heteroatoms. The molecule has 2 aromatic carbocycles. The summed E-state index contributed by atoms with van der Waals surface area (Å²) in [5.74, 6) is -1.21.